The fourth-order valence-corrected chi connectivity index (χ4v) is 2.34. The van der Waals surface area contributed by atoms with Crippen LogP contribution in [0.2, 0.25) is 0 Å². The van der Waals surface area contributed by atoms with Gasteiger partial charge in [0.25, 0.3) is 11.6 Å². The van der Waals surface area contributed by atoms with Crippen molar-refractivity contribution >= 4 is 39.9 Å². The maximum absolute atomic E-state index is 11.9. The van der Waals surface area contributed by atoms with Gasteiger partial charge in [-0.25, -0.2) is 0 Å². The van der Waals surface area contributed by atoms with E-state index >= 15 is 0 Å². The van der Waals surface area contributed by atoms with Gasteiger partial charge in [0.2, 0.25) is 0 Å². The summed E-state index contributed by atoms with van der Waals surface area (Å²) in [5.41, 5.74) is 0.239. The Hall–Kier alpha value is -2.19. The van der Waals surface area contributed by atoms with Crippen molar-refractivity contribution in [1.29, 1.82) is 0 Å². The number of carbonyl (C=O) groups is 1. The molecular formula is C13H10N2O4S2. The van der Waals surface area contributed by atoms with Crippen molar-refractivity contribution in [3.8, 4) is 0 Å². The molecule has 21 heavy (non-hydrogen) atoms. The number of non-ortho nitro benzene ring substituents is 1. The smallest absolute Gasteiger partial charge is 0.269 e. The molecule has 1 aromatic carbocycles. The van der Waals surface area contributed by atoms with Gasteiger partial charge in [-0.3, -0.25) is 14.9 Å². The summed E-state index contributed by atoms with van der Waals surface area (Å²) in [6, 6.07) is 8.89. The number of thiocarbonyl (C=S) groups is 1. The van der Waals surface area contributed by atoms with Crippen LogP contribution in [0.15, 0.2) is 47.1 Å². The summed E-state index contributed by atoms with van der Waals surface area (Å²) < 4.78 is 5.47. The first-order chi connectivity index (χ1) is 10.1. The lowest BCUT2D eigenvalue weighted by Gasteiger charge is -2.05. The molecule has 1 N–H and O–H groups in total. The molecule has 108 valence electrons. The third kappa shape index (κ3) is 4.40. The molecule has 2 aromatic rings. The Balaban J connectivity index is 1.88. The average Bonchev–Trinajstić information content (AvgIpc) is 2.98. The van der Waals surface area contributed by atoms with Crippen LogP contribution in [-0.2, 0) is 5.75 Å². The number of rotatable bonds is 4. The van der Waals surface area contributed by atoms with E-state index in [-0.39, 0.29) is 5.69 Å². The number of thioether (sulfide) groups is 1. The van der Waals surface area contributed by atoms with Crippen LogP contribution in [0.25, 0.3) is 0 Å². The lowest BCUT2D eigenvalue weighted by Crippen LogP contribution is -2.26. The van der Waals surface area contributed by atoms with Crippen molar-refractivity contribution in [2.24, 2.45) is 0 Å². The number of nitrogens with zero attached hydrogens (tertiary/aromatic N) is 1. The van der Waals surface area contributed by atoms with E-state index in [9.17, 15) is 14.9 Å². The van der Waals surface area contributed by atoms with Crippen molar-refractivity contribution in [3.05, 3.63) is 64.1 Å². The van der Waals surface area contributed by atoms with Crippen molar-refractivity contribution in [3.63, 3.8) is 0 Å². The van der Waals surface area contributed by atoms with Crippen LogP contribution in [0.4, 0.5) is 5.69 Å². The zero-order valence-electron chi connectivity index (χ0n) is 10.6. The molecule has 0 aliphatic rings. The van der Waals surface area contributed by atoms with Gasteiger partial charge in [-0.15, -0.1) is 0 Å². The summed E-state index contributed by atoms with van der Waals surface area (Å²) in [6.07, 6.45) is 1.56. The number of hydrogen-bond donors (Lipinski definition) is 1. The first-order valence-electron chi connectivity index (χ1n) is 5.81. The summed E-state index contributed by atoms with van der Waals surface area (Å²) in [5, 5.41) is 13.1. The second-order valence-corrected chi connectivity index (χ2v) is 5.57. The quantitative estimate of drug-likeness (QED) is 0.529. The molecule has 6 nitrogen and oxygen atoms in total. The molecular weight excluding hydrogens is 312 g/mol. The highest BCUT2D eigenvalue weighted by Crippen LogP contribution is 2.15. The van der Waals surface area contributed by atoms with Crippen molar-refractivity contribution in [2.45, 2.75) is 5.75 Å². The number of nitrogens with one attached hydrogen (secondary N) is 1. The molecule has 0 bridgehead atoms. The maximum atomic E-state index is 11.9. The summed E-state index contributed by atoms with van der Waals surface area (Å²) in [7, 11) is 0. The van der Waals surface area contributed by atoms with E-state index < -0.39 is 10.8 Å². The lowest BCUT2D eigenvalue weighted by molar-refractivity contribution is -0.384. The molecule has 0 fully saturated rings. The lowest BCUT2D eigenvalue weighted by atomic mass is 10.2. The SMILES string of the molecule is O=C(NC(=S)SCc1ccco1)c1ccc([N+](=O)[O-])cc1. The molecule has 1 heterocycles. The van der Waals surface area contributed by atoms with Gasteiger partial charge in [0.05, 0.1) is 16.9 Å². The minimum Gasteiger partial charge on any atom is -0.468 e. The fraction of sp³-hybridized carbons (Fsp3) is 0.0769. The molecule has 0 saturated heterocycles. The molecule has 0 atom stereocenters. The Morgan fingerprint density at radius 1 is 1.33 bits per heavy atom. The topological polar surface area (TPSA) is 85.4 Å². The summed E-state index contributed by atoms with van der Waals surface area (Å²) in [5.74, 6) is 0.876. The molecule has 0 radical (unpaired) electrons. The maximum Gasteiger partial charge on any atom is 0.269 e. The van der Waals surface area contributed by atoms with E-state index in [0.717, 1.165) is 5.76 Å². The zero-order chi connectivity index (χ0) is 15.2. The van der Waals surface area contributed by atoms with E-state index in [4.69, 9.17) is 16.6 Å². The minimum atomic E-state index is -0.522. The summed E-state index contributed by atoms with van der Waals surface area (Å²) in [4.78, 5) is 21.9. The highest BCUT2D eigenvalue weighted by molar-refractivity contribution is 8.22. The molecule has 1 aromatic heterocycles. The van der Waals surface area contributed by atoms with Gasteiger partial charge in [0, 0.05) is 17.7 Å². The van der Waals surface area contributed by atoms with Gasteiger partial charge in [-0.05, 0) is 24.3 Å². The Kier molecular flexibility index (Phi) is 5.07. The van der Waals surface area contributed by atoms with Gasteiger partial charge in [0.15, 0.2) is 0 Å². The molecule has 0 spiro atoms. The molecule has 1 amide bonds. The number of hydrogen-bond acceptors (Lipinski definition) is 6. The first kappa shape index (κ1) is 15.2. The first-order valence-corrected chi connectivity index (χ1v) is 7.20. The second kappa shape index (κ2) is 7.00. The van der Waals surface area contributed by atoms with E-state index in [2.05, 4.69) is 5.32 Å². The monoisotopic (exact) mass is 322 g/mol. The predicted molar refractivity (Wildman–Crippen MR) is 83.2 cm³/mol. The molecule has 0 aliphatic heterocycles. The summed E-state index contributed by atoms with van der Waals surface area (Å²) in [6.45, 7) is 0. The van der Waals surface area contributed by atoms with E-state index in [1.165, 1.54) is 36.0 Å². The molecule has 2 rings (SSSR count). The van der Waals surface area contributed by atoms with Gasteiger partial charge >= 0.3 is 0 Å². The molecule has 0 unspecified atom stereocenters. The third-order valence-electron chi connectivity index (χ3n) is 2.48. The normalized spacial score (nSPS) is 10.1. The van der Waals surface area contributed by atoms with Crippen LogP contribution in [0.5, 0.6) is 0 Å². The zero-order valence-corrected chi connectivity index (χ0v) is 12.3. The highest BCUT2D eigenvalue weighted by Gasteiger charge is 2.11. The number of nitro benzene ring substituents is 1. The number of benzene rings is 1. The summed E-state index contributed by atoms with van der Waals surface area (Å²) >= 11 is 6.31. The van der Waals surface area contributed by atoms with Gasteiger partial charge < -0.3 is 9.73 Å². The number of amides is 1. The number of furan rings is 1. The Morgan fingerprint density at radius 3 is 2.62 bits per heavy atom. The number of carbonyl (C=O) groups excluding carboxylic acids is 1. The van der Waals surface area contributed by atoms with E-state index in [1.807, 2.05) is 6.07 Å². The van der Waals surface area contributed by atoms with Gasteiger partial charge in [-0.1, -0.05) is 24.0 Å². The second-order valence-electron chi connectivity index (χ2n) is 3.91. The molecule has 0 saturated carbocycles. The molecule has 0 aliphatic carbocycles. The van der Waals surface area contributed by atoms with Crippen molar-refractivity contribution < 1.29 is 14.1 Å². The van der Waals surface area contributed by atoms with Crippen molar-refractivity contribution in [1.82, 2.24) is 5.32 Å². The third-order valence-corrected chi connectivity index (χ3v) is 3.73. The van der Waals surface area contributed by atoms with Crippen LogP contribution >= 0.6 is 24.0 Å². The number of nitro groups is 1. The van der Waals surface area contributed by atoms with Crippen LogP contribution in [0, 0.1) is 10.1 Å². The largest absolute Gasteiger partial charge is 0.468 e. The highest BCUT2D eigenvalue weighted by atomic mass is 32.2. The van der Waals surface area contributed by atoms with Crippen molar-refractivity contribution in [2.75, 3.05) is 0 Å². The van der Waals surface area contributed by atoms with Crippen LogP contribution in [-0.4, -0.2) is 15.2 Å². The fourth-order valence-electron chi connectivity index (χ4n) is 1.47. The van der Waals surface area contributed by atoms with Crippen LogP contribution < -0.4 is 5.32 Å². The Labute approximate surface area is 129 Å². The van der Waals surface area contributed by atoms with Crippen LogP contribution in [0.1, 0.15) is 16.1 Å². The van der Waals surface area contributed by atoms with Gasteiger partial charge in [-0.2, -0.15) is 0 Å². The Bertz CT molecular complexity index is 653. The van der Waals surface area contributed by atoms with E-state index in [0.29, 0.717) is 15.6 Å². The van der Waals surface area contributed by atoms with E-state index in [1.54, 1.807) is 12.3 Å². The molecule has 8 heteroatoms. The average molecular weight is 322 g/mol. The predicted octanol–water partition coefficient (Wildman–Crippen LogP) is 3.14. The Morgan fingerprint density at radius 2 is 2.05 bits per heavy atom. The minimum absolute atomic E-state index is 0.0682. The standard InChI is InChI=1S/C13H10N2O4S2/c16-12(9-3-5-10(6-4-9)15(17)18)14-13(20)21-8-11-2-1-7-19-11/h1-7H,8H2,(H,14,16,20). The van der Waals surface area contributed by atoms with Crippen LogP contribution in [0.3, 0.4) is 0 Å². The van der Waals surface area contributed by atoms with Gasteiger partial charge in [0.1, 0.15) is 10.1 Å².